The maximum atomic E-state index is 12.4. The zero-order valence-corrected chi connectivity index (χ0v) is 13.5. The molecule has 0 bridgehead atoms. The van der Waals surface area contributed by atoms with Gasteiger partial charge < -0.3 is 15.2 Å². The van der Waals surface area contributed by atoms with Crippen molar-refractivity contribution in [1.82, 2.24) is 0 Å². The molecular formula is C18H16N2O5. The average Bonchev–Trinajstić information content (AvgIpc) is 2.58. The van der Waals surface area contributed by atoms with Gasteiger partial charge in [0.25, 0.3) is 5.91 Å². The van der Waals surface area contributed by atoms with E-state index in [0.717, 1.165) is 5.56 Å². The number of rotatable bonds is 3. The first-order valence-corrected chi connectivity index (χ1v) is 7.61. The number of para-hydroxylation sites is 2. The molecule has 0 fully saturated rings. The smallest absolute Gasteiger partial charge is 0.342 e. The Morgan fingerprint density at radius 2 is 2.00 bits per heavy atom. The van der Waals surface area contributed by atoms with Crippen LogP contribution in [0, 0.1) is 6.92 Å². The summed E-state index contributed by atoms with van der Waals surface area (Å²) >= 11 is 0. The molecule has 0 aliphatic carbocycles. The maximum absolute atomic E-state index is 12.4. The second-order valence-corrected chi connectivity index (χ2v) is 5.64. The molecule has 25 heavy (non-hydrogen) atoms. The van der Waals surface area contributed by atoms with E-state index in [1.807, 2.05) is 0 Å². The quantitative estimate of drug-likeness (QED) is 0.831. The Labute approximate surface area is 143 Å². The normalized spacial score (nSPS) is 13.0. The molecule has 1 heterocycles. The van der Waals surface area contributed by atoms with Crippen molar-refractivity contribution in [3.05, 3.63) is 53.6 Å². The standard InChI is InChI=1S/C18H16N2O5/c1-11-6-7-12(15(21)8-11)18(24)25-10-17(23)20-9-16(22)19-13-4-2-3-5-14(13)20/h2-8,21H,9-10H2,1H3,(H,19,22). The number of aryl methyl sites for hydroxylation is 1. The number of nitrogens with zero attached hydrogens (tertiary/aromatic N) is 1. The fourth-order valence-corrected chi connectivity index (χ4v) is 2.55. The molecule has 1 aliphatic heterocycles. The van der Waals surface area contributed by atoms with Gasteiger partial charge in [0, 0.05) is 0 Å². The van der Waals surface area contributed by atoms with Crippen LogP contribution in [0.4, 0.5) is 11.4 Å². The zero-order valence-electron chi connectivity index (χ0n) is 13.5. The highest BCUT2D eigenvalue weighted by Gasteiger charge is 2.27. The van der Waals surface area contributed by atoms with Crippen LogP contribution >= 0.6 is 0 Å². The minimum absolute atomic E-state index is 0.0183. The van der Waals surface area contributed by atoms with Crippen LogP contribution in [-0.4, -0.2) is 36.0 Å². The van der Waals surface area contributed by atoms with E-state index in [1.54, 1.807) is 37.3 Å². The Balaban J connectivity index is 1.71. The first kappa shape index (κ1) is 16.5. The van der Waals surface area contributed by atoms with Crippen molar-refractivity contribution >= 4 is 29.2 Å². The Kier molecular flexibility index (Phi) is 4.38. The predicted molar refractivity (Wildman–Crippen MR) is 90.6 cm³/mol. The summed E-state index contributed by atoms with van der Waals surface area (Å²) in [4.78, 5) is 37.4. The summed E-state index contributed by atoms with van der Waals surface area (Å²) in [5.41, 5.74) is 1.84. The molecule has 0 spiro atoms. The van der Waals surface area contributed by atoms with Crippen molar-refractivity contribution in [1.29, 1.82) is 0 Å². The van der Waals surface area contributed by atoms with Gasteiger partial charge in [-0.25, -0.2) is 4.79 Å². The van der Waals surface area contributed by atoms with Crippen molar-refractivity contribution in [3.63, 3.8) is 0 Å². The summed E-state index contributed by atoms with van der Waals surface area (Å²) in [6, 6.07) is 11.4. The van der Waals surface area contributed by atoms with E-state index in [2.05, 4.69) is 5.32 Å². The van der Waals surface area contributed by atoms with Crippen molar-refractivity contribution in [3.8, 4) is 5.75 Å². The fraction of sp³-hybridized carbons (Fsp3) is 0.167. The second-order valence-electron chi connectivity index (χ2n) is 5.64. The molecule has 2 aromatic carbocycles. The van der Waals surface area contributed by atoms with Crippen molar-refractivity contribution in [2.24, 2.45) is 0 Å². The van der Waals surface area contributed by atoms with Crippen LogP contribution in [0.25, 0.3) is 0 Å². The third kappa shape index (κ3) is 3.45. The molecule has 0 unspecified atom stereocenters. The van der Waals surface area contributed by atoms with Gasteiger partial charge in [0.05, 0.1) is 11.4 Å². The number of phenols is 1. The number of anilines is 2. The number of esters is 1. The first-order valence-electron chi connectivity index (χ1n) is 7.61. The number of benzene rings is 2. The van der Waals surface area contributed by atoms with Gasteiger partial charge in [0.1, 0.15) is 17.9 Å². The lowest BCUT2D eigenvalue weighted by molar-refractivity contribution is -0.124. The summed E-state index contributed by atoms with van der Waals surface area (Å²) in [5.74, 6) is -1.86. The van der Waals surface area contributed by atoms with E-state index in [0.29, 0.717) is 11.4 Å². The van der Waals surface area contributed by atoms with Crippen LogP contribution in [0.5, 0.6) is 5.75 Å². The first-order chi connectivity index (χ1) is 12.0. The van der Waals surface area contributed by atoms with E-state index in [-0.39, 0.29) is 23.8 Å². The fourth-order valence-electron chi connectivity index (χ4n) is 2.55. The van der Waals surface area contributed by atoms with E-state index < -0.39 is 18.5 Å². The van der Waals surface area contributed by atoms with Crippen molar-refractivity contribution < 1.29 is 24.2 Å². The molecule has 0 saturated heterocycles. The lowest BCUT2D eigenvalue weighted by Crippen LogP contribution is -2.44. The van der Waals surface area contributed by atoms with Gasteiger partial charge in [0.2, 0.25) is 5.91 Å². The predicted octanol–water partition coefficient (Wildman–Crippen LogP) is 1.84. The number of aromatic hydroxyl groups is 1. The molecule has 7 heteroatoms. The lowest BCUT2D eigenvalue weighted by Gasteiger charge is -2.28. The third-order valence-electron chi connectivity index (χ3n) is 3.77. The van der Waals surface area contributed by atoms with Crippen LogP contribution in [0.15, 0.2) is 42.5 Å². The number of phenolic OH excluding ortho intramolecular Hbond substituents is 1. The molecular weight excluding hydrogens is 324 g/mol. The minimum Gasteiger partial charge on any atom is -0.507 e. The molecule has 2 N–H and O–H groups in total. The molecule has 0 saturated carbocycles. The zero-order chi connectivity index (χ0) is 18.0. The van der Waals surface area contributed by atoms with Crippen LogP contribution in [0.3, 0.4) is 0 Å². The number of hydrogen-bond donors (Lipinski definition) is 2. The van der Waals surface area contributed by atoms with E-state index in [4.69, 9.17) is 4.74 Å². The molecule has 128 valence electrons. The summed E-state index contributed by atoms with van der Waals surface area (Å²) in [6.07, 6.45) is 0. The number of ether oxygens (including phenoxy) is 1. The molecule has 3 rings (SSSR count). The molecule has 2 amide bonds. The molecule has 0 aromatic heterocycles. The van der Waals surface area contributed by atoms with E-state index >= 15 is 0 Å². The van der Waals surface area contributed by atoms with Crippen LogP contribution in [0.1, 0.15) is 15.9 Å². The number of fused-ring (bicyclic) bond motifs is 1. The Morgan fingerprint density at radius 1 is 1.24 bits per heavy atom. The van der Waals surface area contributed by atoms with Crippen molar-refractivity contribution in [2.45, 2.75) is 6.92 Å². The van der Waals surface area contributed by atoms with Crippen LogP contribution in [-0.2, 0) is 14.3 Å². The monoisotopic (exact) mass is 340 g/mol. The highest BCUT2D eigenvalue weighted by molar-refractivity contribution is 6.10. The van der Waals surface area contributed by atoms with E-state index in [9.17, 15) is 19.5 Å². The van der Waals surface area contributed by atoms with Gasteiger partial charge in [0.15, 0.2) is 6.61 Å². The minimum atomic E-state index is -0.805. The number of carbonyl (C=O) groups is 3. The molecule has 0 radical (unpaired) electrons. The van der Waals surface area contributed by atoms with Gasteiger partial charge in [-0.05, 0) is 36.8 Å². The molecule has 7 nitrogen and oxygen atoms in total. The highest BCUT2D eigenvalue weighted by Crippen LogP contribution is 2.29. The van der Waals surface area contributed by atoms with Crippen molar-refractivity contribution in [2.75, 3.05) is 23.4 Å². The number of carbonyl (C=O) groups excluding carboxylic acids is 3. The Bertz CT molecular complexity index is 862. The number of nitrogens with one attached hydrogen (secondary N) is 1. The Morgan fingerprint density at radius 3 is 2.76 bits per heavy atom. The van der Waals surface area contributed by atoms with E-state index in [1.165, 1.54) is 17.0 Å². The average molecular weight is 340 g/mol. The van der Waals surface area contributed by atoms with Gasteiger partial charge in [-0.2, -0.15) is 0 Å². The topological polar surface area (TPSA) is 95.9 Å². The SMILES string of the molecule is Cc1ccc(C(=O)OCC(=O)N2CC(=O)Nc3ccccc32)c(O)c1. The summed E-state index contributed by atoms with van der Waals surface area (Å²) in [6.45, 7) is 1.09. The molecule has 0 atom stereocenters. The third-order valence-corrected chi connectivity index (χ3v) is 3.77. The summed E-state index contributed by atoms with van der Waals surface area (Å²) in [5, 5.41) is 12.5. The van der Waals surface area contributed by atoms with Crippen LogP contribution in [0.2, 0.25) is 0 Å². The largest absolute Gasteiger partial charge is 0.507 e. The maximum Gasteiger partial charge on any atom is 0.342 e. The lowest BCUT2D eigenvalue weighted by atomic mass is 10.1. The Hall–Kier alpha value is -3.35. The van der Waals surface area contributed by atoms with Gasteiger partial charge in [-0.15, -0.1) is 0 Å². The highest BCUT2D eigenvalue weighted by atomic mass is 16.5. The van der Waals surface area contributed by atoms with Gasteiger partial charge >= 0.3 is 5.97 Å². The molecule has 1 aliphatic rings. The van der Waals surface area contributed by atoms with Gasteiger partial charge in [-0.3, -0.25) is 14.5 Å². The van der Waals surface area contributed by atoms with Gasteiger partial charge in [-0.1, -0.05) is 18.2 Å². The summed E-state index contributed by atoms with van der Waals surface area (Å²) < 4.78 is 4.99. The summed E-state index contributed by atoms with van der Waals surface area (Å²) in [7, 11) is 0. The molecule has 2 aromatic rings. The number of hydrogen-bond acceptors (Lipinski definition) is 5. The van der Waals surface area contributed by atoms with Crippen LogP contribution < -0.4 is 10.2 Å². The number of amides is 2. The second kappa shape index (κ2) is 6.64.